The molecule has 1 aromatic heterocycles. The van der Waals surface area contributed by atoms with Crippen molar-refractivity contribution in [2.24, 2.45) is 4.99 Å². The molecule has 0 fully saturated rings. The van der Waals surface area contributed by atoms with Crippen molar-refractivity contribution in [2.45, 2.75) is 19.9 Å². The van der Waals surface area contributed by atoms with E-state index in [1.54, 1.807) is 11.7 Å². The van der Waals surface area contributed by atoms with Crippen molar-refractivity contribution in [3.05, 3.63) is 127 Å². The topological polar surface area (TPSA) is 72.7 Å². The molecule has 0 saturated carbocycles. The summed E-state index contributed by atoms with van der Waals surface area (Å²) in [5, 5.41) is 2.97. The Morgan fingerprint density at radius 3 is 2.56 bits per heavy atom. The number of ether oxygens (including phenoxy) is 1. The van der Waals surface area contributed by atoms with Crippen molar-refractivity contribution >= 4 is 29.0 Å². The normalized spacial score (nSPS) is 15.3. The van der Waals surface area contributed by atoms with E-state index in [4.69, 9.17) is 9.73 Å². The highest BCUT2D eigenvalue weighted by Gasteiger charge is 2.32. The minimum atomic E-state index is -0.653. The lowest BCUT2D eigenvalue weighted by Gasteiger charge is -2.25. The number of carbonyl (C=O) groups is 1. The molecule has 6 nitrogen and oxygen atoms in total. The number of allylic oxidation sites excluding steroid dienone is 1. The molecule has 36 heavy (non-hydrogen) atoms. The number of hydrogen-bond donors (Lipinski definition) is 1. The van der Waals surface area contributed by atoms with Crippen molar-refractivity contribution in [3.8, 4) is 5.75 Å². The van der Waals surface area contributed by atoms with E-state index in [0.29, 0.717) is 32.0 Å². The molecule has 0 saturated heterocycles. The fraction of sp³-hybridized carbons (Fsp3) is 0.138. The highest BCUT2D eigenvalue weighted by Crippen LogP contribution is 2.32. The van der Waals surface area contributed by atoms with E-state index in [-0.39, 0.29) is 11.5 Å². The smallest absolute Gasteiger partial charge is 0.271 e. The zero-order chi connectivity index (χ0) is 25.2. The summed E-state index contributed by atoms with van der Waals surface area (Å²) in [7, 11) is 1.59. The summed E-state index contributed by atoms with van der Waals surface area (Å²) < 4.78 is 7.63. The number of aryl methyl sites for hydroxylation is 1. The van der Waals surface area contributed by atoms with Gasteiger partial charge < -0.3 is 10.1 Å². The van der Waals surface area contributed by atoms with Gasteiger partial charge in [0.05, 0.1) is 29.0 Å². The third-order valence-electron chi connectivity index (χ3n) is 6.05. The predicted octanol–water partition coefficient (Wildman–Crippen LogP) is 4.19. The van der Waals surface area contributed by atoms with Crippen LogP contribution in [0.15, 0.2) is 99.9 Å². The van der Waals surface area contributed by atoms with Gasteiger partial charge in [-0.2, -0.15) is 0 Å². The number of aromatic nitrogens is 1. The molecule has 2 heterocycles. The first kappa shape index (κ1) is 23.5. The van der Waals surface area contributed by atoms with Gasteiger partial charge in [0.25, 0.3) is 11.5 Å². The van der Waals surface area contributed by atoms with Crippen LogP contribution in [0.2, 0.25) is 0 Å². The molecule has 1 N–H and O–H groups in total. The van der Waals surface area contributed by atoms with Gasteiger partial charge in [-0.1, -0.05) is 71.5 Å². The zero-order valence-electron chi connectivity index (χ0n) is 20.2. The van der Waals surface area contributed by atoms with Crippen LogP contribution >= 0.6 is 11.3 Å². The summed E-state index contributed by atoms with van der Waals surface area (Å²) in [5.74, 6) is 0.343. The van der Waals surface area contributed by atoms with Gasteiger partial charge in [-0.15, -0.1) is 0 Å². The Kier molecular flexibility index (Phi) is 6.40. The first-order chi connectivity index (χ1) is 17.4. The van der Waals surface area contributed by atoms with E-state index < -0.39 is 6.04 Å². The SMILES string of the molecule is COc1cccc([C@@H]2C(C(=O)Nc3ccccc3)=C(C)N=c3s/c(=C/c4cccc(C)c4)c(=O)n32)c1. The number of thiazole rings is 1. The van der Waals surface area contributed by atoms with Crippen molar-refractivity contribution in [3.63, 3.8) is 0 Å². The number of fused-ring (bicyclic) bond motifs is 1. The Balaban J connectivity index is 1.69. The Bertz CT molecular complexity index is 1670. The van der Waals surface area contributed by atoms with Crippen LogP contribution in [0.3, 0.4) is 0 Å². The lowest BCUT2D eigenvalue weighted by atomic mass is 9.95. The molecule has 3 aromatic carbocycles. The first-order valence-corrected chi connectivity index (χ1v) is 12.4. The predicted molar refractivity (Wildman–Crippen MR) is 143 cm³/mol. The van der Waals surface area contributed by atoms with Crippen LogP contribution in [0.1, 0.15) is 29.7 Å². The second-order valence-corrected chi connectivity index (χ2v) is 9.60. The highest BCUT2D eigenvalue weighted by atomic mass is 32.1. The van der Waals surface area contributed by atoms with Crippen LogP contribution in [-0.4, -0.2) is 17.6 Å². The standard InChI is InChI=1S/C29H25N3O3S/c1-18-9-7-10-20(15-18)16-24-28(34)32-26(21-11-8-14-23(17-21)35-3)25(19(2)30-29(32)36-24)27(33)31-22-12-5-4-6-13-22/h4-17,26H,1-3H3,(H,31,33)/b24-16+/t26-/m1/s1. The highest BCUT2D eigenvalue weighted by molar-refractivity contribution is 7.07. The van der Waals surface area contributed by atoms with Gasteiger partial charge in [0.2, 0.25) is 0 Å². The van der Waals surface area contributed by atoms with E-state index >= 15 is 0 Å². The largest absolute Gasteiger partial charge is 0.497 e. The number of anilines is 1. The number of amides is 1. The van der Waals surface area contributed by atoms with Crippen LogP contribution < -0.4 is 24.9 Å². The number of benzene rings is 3. The van der Waals surface area contributed by atoms with Gasteiger partial charge in [0, 0.05) is 5.69 Å². The van der Waals surface area contributed by atoms with Crippen LogP contribution in [0, 0.1) is 6.92 Å². The van der Waals surface area contributed by atoms with Gasteiger partial charge in [-0.3, -0.25) is 14.2 Å². The Hall–Kier alpha value is -4.23. The maximum Gasteiger partial charge on any atom is 0.271 e. The monoisotopic (exact) mass is 495 g/mol. The molecule has 0 unspecified atom stereocenters. The van der Waals surface area contributed by atoms with E-state index in [0.717, 1.165) is 16.7 Å². The van der Waals surface area contributed by atoms with E-state index in [1.165, 1.54) is 11.3 Å². The number of methoxy groups -OCH3 is 1. The van der Waals surface area contributed by atoms with Crippen LogP contribution in [0.4, 0.5) is 5.69 Å². The molecule has 7 heteroatoms. The third-order valence-corrected chi connectivity index (χ3v) is 7.03. The quantitative estimate of drug-likeness (QED) is 0.451. The molecule has 180 valence electrons. The van der Waals surface area contributed by atoms with Gasteiger partial charge in [0.1, 0.15) is 5.75 Å². The lowest BCUT2D eigenvalue weighted by molar-refractivity contribution is -0.113. The number of nitrogens with zero attached hydrogens (tertiary/aromatic N) is 2. The Labute approximate surface area is 212 Å². The molecule has 0 spiro atoms. The molecule has 0 radical (unpaired) electrons. The number of rotatable bonds is 5. The summed E-state index contributed by atoms with van der Waals surface area (Å²) in [4.78, 5) is 32.6. The van der Waals surface area contributed by atoms with Crippen molar-refractivity contribution < 1.29 is 9.53 Å². The molecule has 0 aliphatic carbocycles. The molecule has 1 atom stereocenters. The molecule has 4 aromatic rings. The molecule has 1 aliphatic heterocycles. The molecular weight excluding hydrogens is 470 g/mol. The Morgan fingerprint density at radius 2 is 1.81 bits per heavy atom. The second kappa shape index (κ2) is 9.79. The van der Waals surface area contributed by atoms with E-state index in [9.17, 15) is 9.59 Å². The third kappa shape index (κ3) is 4.53. The fourth-order valence-electron chi connectivity index (χ4n) is 4.37. The Morgan fingerprint density at radius 1 is 1.03 bits per heavy atom. The van der Waals surface area contributed by atoms with Gasteiger partial charge in [-0.05, 0) is 55.3 Å². The average Bonchev–Trinajstić information content (AvgIpc) is 3.18. The maximum absolute atomic E-state index is 13.8. The second-order valence-electron chi connectivity index (χ2n) is 8.59. The van der Waals surface area contributed by atoms with Crippen molar-refractivity contribution in [2.75, 3.05) is 12.4 Å². The van der Waals surface area contributed by atoms with Crippen molar-refractivity contribution in [1.82, 2.24) is 4.57 Å². The summed E-state index contributed by atoms with van der Waals surface area (Å²) in [6.07, 6.45) is 1.88. The summed E-state index contributed by atoms with van der Waals surface area (Å²) >= 11 is 1.32. The minimum absolute atomic E-state index is 0.189. The van der Waals surface area contributed by atoms with Crippen molar-refractivity contribution in [1.29, 1.82) is 0 Å². The van der Waals surface area contributed by atoms with Gasteiger partial charge >= 0.3 is 0 Å². The van der Waals surface area contributed by atoms with Crippen LogP contribution in [0.5, 0.6) is 5.75 Å². The number of hydrogen-bond acceptors (Lipinski definition) is 5. The van der Waals surface area contributed by atoms with Gasteiger partial charge in [-0.25, -0.2) is 4.99 Å². The molecule has 0 bridgehead atoms. The van der Waals surface area contributed by atoms with E-state index in [2.05, 4.69) is 5.32 Å². The minimum Gasteiger partial charge on any atom is -0.497 e. The van der Waals surface area contributed by atoms with Crippen LogP contribution in [0.25, 0.3) is 6.08 Å². The molecule has 5 rings (SSSR count). The number of para-hydroxylation sites is 1. The summed E-state index contributed by atoms with van der Waals surface area (Å²) in [5.41, 5.74) is 4.29. The van der Waals surface area contributed by atoms with Gasteiger partial charge in [0.15, 0.2) is 4.80 Å². The fourth-order valence-corrected chi connectivity index (χ4v) is 5.42. The molecular formula is C29H25N3O3S. The zero-order valence-corrected chi connectivity index (χ0v) is 21.0. The summed E-state index contributed by atoms with van der Waals surface area (Å²) in [6.45, 7) is 3.83. The van der Waals surface area contributed by atoms with E-state index in [1.807, 2.05) is 98.8 Å². The first-order valence-electron chi connectivity index (χ1n) is 11.5. The average molecular weight is 496 g/mol. The number of carbonyl (C=O) groups excluding carboxylic acids is 1. The summed E-state index contributed by atoms with van der Waals surface area (Å²) in [6, 6.07) is 24.0. The molecule has 1 aliphatic rings. The number of nitrogens with one attached hydrogen (secondary N) is 1. The molecule has 1 amide bonds. The van der Waals surface area contributed by atoms with Crippen LogP contribution in [-0.2, 0) is 4.79 Å². The lowest BCUT2D eigenvalue weighted by Crippen LogP contribution is -2.40. The maximum atomic E-state index is 13.8.